The van der Waals surface area contributed by atoms with Gasteiger partial charge in [-0.05, 0) is 37.0 Å². The number of hydrogen-bond acceptors (Lipinski definition) is 2. The molecular weight excluding hydrogens is 262 g/mol. The lowest BCUT2D eigenvalue weighted by Gasteiger charge is -2.27. The lowest BCUT2D eigenvalue weighted by Crippen LogP contribution is -2.38. The molecule has 0 fully saturated rings. The molecule has 2 aromatic rings. The van der Waals surface area contributed by atoms with Crippen LogP contribution < -0.4 is 4.90 Å². The minimum absolute atomic E-state index is 0.0753. The number of anilines is 1. The van der Waals surface area contributed by atoms with Crippen molar-refractivity contribution in [1.29, 1.82) is 0 Å². The molecule has 3 heterocycles. The Bertz CT molecular complexity index is 704. The SMILES string of the molecule is Cc1cccc2c1CCN2C(=O)C1CCn2ccnc2C1. The van der Waals surface area contributed by atoms with Crippen LogP contribution in [0, 0.1) is 12.8 Å². The molecule has 0 N–H and O–H groups in total. The van der Waals surface area contributed by atoms with Crippen LogP contribution in [0.2, 0.25) is 0 Å². The highest BCUT2D eigenvalue weighted by Crippen LogP contribution is 2.33. The number of rotatable bonds is 1. The summed E-state index contributed by atoms with van der Waals surface area (Å²) in [5, 5.41) is 0. The van der Waals surface area contributed by atoms with Crippen molar-refractivity contribution in [3.8, 4) is 0 Å². The summed E-state index contributed by atoms with van der Waals surface area (Å²) in [5.41, 5.74) is 3.75. The van der Waals surface area contributed by atoms with Crippen molar-refractivity contribution < 1.29 is 4.79 Å². The molecule has 2 aliphatic heterocycles. The van der Waals surface area contributed by atoms with E-state index in [1.807, 2.05) is 23.4 Å². The number of imidazole rings is 1. The predicted molar refractivity (Wildman–Crippen MR) is 81.3 cm³/mol. The standard InChI is InChI=1S/C17H19N3O/c1-12-3-2-4-15-14(12)6-9-20(15)17(21)13-5-8-19-10-7-18-16(19)11-13/h2-4,7,10,13H,5-6,8-9,11H2,1H3. The fourth-order valence-corrected chi connectivity index (χ4v) is 3.62. The van der Waals surface area contributed by atoms with Gasteiger partial charge in [-0.2, -0.15) is 0 Å². The molecule has 1 atom stereocenters. The van der Waals surface area contributed by atoms with Gasteiger partial charge in [-0.25, -0.2) is 4.98 Å². The van der Waals surface area contributed by atoms with E-state index >= 15 is 0 Å². The molecule has 0 spiro atoms. The molecular formula is C17H19N3O. The smallest absolute Gasteiger partial charge is 0.230 e. The lowest BCUT2D eigenvalue weighted by atomic mass is 9.96. The third-order valence-corrected chi connectivity index (χ3v) is 4.83. The Morgan fingerprint density at radius 3 is 3.14 bits per heavy atom. The van der Waals surface area contributed by atoms with Gasteiger partial charge in [0.2, 0.25) is 5.91 Å². The molecule has 0 saturated heterocycles. The lowest BCUT2D eigenvalue weighted by molar-refractivity contribution is -0.122. The van der Waals surface area contributed by atoms with Gasteiger partial charge in [0.1, 0.15) is 5.82 Å². The molecule has 1 unspecified atom stereocenters. The highest BCUT2D eigenvalue weighted by molar-refractivity contribution is 5.97. The number of carbonyl (C=O) groups excluding carboxylic acids is 1. The van der Waals surface area contributed by atoms with Crippen molar-refractivity contribution >= 4 is 11.6 Å². The predicted octanol–water partition coefficient (Wildman–Crippen LogP) is 2.34. The average Bonchev–Trinajstić information content (AvgIpc) is 3.13. The molecule has 1 aromatic heterocycles. The van der Waals surface area contributed by atoms with Gasteiger partial charge < -0.3 is 9.47 Å². The maximum Gasteiger partial charge on any atom is 0.230 e. The number of benzene rings is 1. The van der Waals surface area contributed by atoms with E-state index in [2.05, 4.69) is 28.6 Å². The highest BCUT2D eigenvalue weighted by atomic mass is 16.2. The fraction of sp³-hybridized carbons (Fsp3) is 0.412. The van der Waals surface area contributed by atoms with Gasteiger partial charge in [-0.1, -0.05) is 12.1 Å². The molecule has 108 valence electrons. The summed E-state index contributed by atoms with van der Waals surface area (Å²) in [6.07, 6.45) is 6.50. The van der Waals surface area contributed by atoms with E-state index in [1.54, 1.807) is 0 Å². The van der Waals surface area contributed by atoms with E-state index in [4.69, 9.17) is 0 Å². The van der Waals surface area contributed by atoms with Crippen molar-refractivity contribution in [2.24, 2.45) is 5.92 Å². The topological polar surface area (TPSA) is 38.1 Å². The normalized spacial score (nSPS) is 20.2. The zero-order chi connectivity index (χ0) is 14.4. The van der Waals surface area contributed by atoms with E-state index in [9.17, 15) is 4.79 Å². The second-order valence-corrected chi connectivity index (χ2v) is 6.04. The highest BCUT2D eigenvalue weighted by Gasteiger charge is 2.33. The Kier molecular flexibility index (Phi) is 2.84. The number of fused-ring (bicyclic) bond motifs is 2. The molecule has 0 bridgehead atoms. The first-order chi connectivity index (χ1) is 10.2. The summed E-state index contributed by atoms with van der Waals surface area (Å²) < 4.78 is 2.16. The largest absolute Gasteiger partial charge is 0.335 e. The van der Waals surface area contributed by atoms with Crippen LogP contribution in [0.15, 0.2) is 30.6 Å². The molecule has 2 aliphatic rings. The van der Waals surface area contributed by atoms with Crippen LogP contribution in [-0.4, -0.2) is 22.0 Å². The van der Waals surface area contributed by atoms with E-state index in [-0.39, 0.29) is 11.8 Å². The molecule has 4 heteroatoms. The third-order valence-electron chi connectivity index (χ3n) is 4.83. The first-order valence-corrected chi connectivity index (χ1v) is 7.64. The molecule has 0 radical (unpaired) electrons. The molecule has 21 heavy (non-hydrogen) atoms. The van der Waals surface area contributed by atoms with Crippen LogP contribution in [0.25, 0.3) is 0 Å². The molecule has 1 amide bonds. The van der Waals surface area contributed by atoms with Gasteiger partial charge in [0, 0.05) is 43.5 Å². The Morgan fingerprint density at radius 1 is 1.33 bits per heavy atom. The van der Waals surface area contributed by atoms with Crippen LogP contribution in [-0.2, 0) is 24.2 Å². The van der Waals surface area contributed by atoms with Crippen molar-refractivity contribution in [1.82, 2.24) is 9.55 Å². The van der Waals surface area contributed by atoms with Crippen molar-refractivity contribution in [3.05, 3.63) is 47.5 Å². The number of amides is 1. The molecule has 0 aliphatic carbocycles. The quantitative estimate of drug-likeness (QED) is 0.804. The van der Waals surface area contributed by atoms with Crippen molar-refractivity contribution in [3.63, 3.8) is 0 Å². The number of aryl methyl sites for hydroxylation is 2. The second kappa shape index (κ2) is 4.72. The molecule has 0 saturated carbocycles. The van der Waals surface area contributed by atoms with Gasteiger partial charge in [0.25, 0.3) is 0 Å². The zero-order valence-corrected chi connectivity index (χ0v) is 12.2. The fourth-order valence-electron chi connectivity index (χ4n) is 3.62. The Hall–Kier alpha value is -2.10. The Labute approximate surface area is 124 Å². The van der Waals surface area contributed by atoms with Gasteiger partial charge in [-0.15, -0.1) is 0 Å². The third kappa shape index (κ3) is 1.97. The average molecular weight is 281 g/mol. The monoisotopic (exact) mass is 281 g/mol. The molecule has 1 aromatic carbocycles. The van der Waals surface area contributed by atoms with Crippen molar-refractivity contribution in [2.75, 3.05) is 11.4 Å². The van der Waals surface area contributed by atoms with Gasteiger partial charge in [0.05, 0.1) is 0 Å². The molecule has 4 rings (SSSR count). The Balaban J connectivity index is 1.59. The Morgan fingerprint density at radius 2 is 2.24 bits per heavy atom. The number of aromatic nitrogens is 2. The van der Waals surface area contributed by atoms with E-state index in [1.165, 1.54) is 11.1 Å². The summed E-state index contributed by atoms with van der Waals surface area (Å²) in [6, 6.07) is 6.26. The van der Waals surface area contributed by atoms with Crippen LogP contribution in [0.5, 0.6) is 0 Å². The number of nitrogens with zero attached hydrogens (tertiary/aromatic N) is 3. The summed E-state index contributed by atoms with van der Waals surface area (Å²) in [4.78, 5) is 19.3. The van der Waals surface area contributed by atoms with Gasteiger partial charge in [-0.3, -0.25) is 4.79 Å². The summed E-state index contributed by atoms with van der Waals surface area (Å²) in [6.45, 7) is 3.86. The van der Waals surface area contributed by atoms with Crippen LogP contribution in [0.4, 0.5) is 5.69 Å². The van der Waals surface area contributed by atoms with E-state index in [0.29, 0.717) is 0 Å². The molecule has 4 nitrogen and oxygen atoms in total. The zero-order valence-electron chi connectivity index (χ0n) is 12.2. The van der Waals surface area contributed by atoms with E-state index < -0.39 is 0 Å². The number of carbonyl (C=O) groups is 1. The van der Waals surface area contributed by atoms with Crippen LogP contribution in [0.1, 0.15) is 23.4 Å². The maximum atomic E-state index is 12.9. The van der Waals surface area contributed by atoms with E-state index in [0.717, 1.165) is 43.9 Å². The summed E-state index contributed by atoms with van der Waals surface area (Å²) in [5.74, 6) is 1.39. The van der Waals surface area contributed by atoms with Crippen LogP contribution >= 0.6 is 0 Å². The first kappa shape index (κ1) is 12.6. The second-order valence-electron chi connectivity index (χ2n) is 6.04. The summed E-state index contributed by atoms with van der Waals surface area (Å²) >= 11 is 0. The minimum Gasteiger partial charge on any atom is -0.335 e. The van der Waals surface area contributed by atoms with Gasteiger partial charge in [0.15, 0.2) is 0 Å². The minimum atomic E-state index is 0.0753. The summed E-state index contributed by atoms with van der Waals surface area (Å²) in [7, 11) is 0. The maximum absolute atomic E-state index is 12.9. The van der Waals surface area contributed by atoms with Crippen LogP contribution in [0.3, 0.4) is 0 Å². The first-order valence-electron chi connectivity index (χ1n) is 7.64. The number of hydrogen-bond donors (Lipinski definition) is 0. The van der Waals surface area contributed by atoms with Gasteiger partial charge >= 0.3 is 0 Å². The van der Waals surface area contributed by atoms with Crippen molar-refractivity contribution in [2.45, 2.75) is 32.7 Å².